The predicted octanol–water partition coefficient (Wildman–Crippen LogP) is 2.77. The van der Waals surface area contributed by atoms with Crippen LogP contribution >= 0.6 is 11.6 Å². The van der Waals surface area contributed by atoms with Crippen molar-refractivity contribution in [2.45, 2.75) is 32.8 Å². The van der Waals surface area contributed by atoms with Crippen LogP contribution < -0.4 is 0 Å². The minimum Gasteiger partial charge on any atom is -0.434 e. The standard InChI is InChI=1S/C8H15ClO3/c1-4-5-11-8(10)12-7(9)6(2)3/h6-7H,4-5H2,1-3H3. The molecule has 0 aliphatic heterocycles. The SMILES string of the molecule is CCCOC(=O)OC(Cl)C(C)C. The van der Waals surface area contributed by atoms with Gasteiger partial charge in [0.15, 0.2) is 5.56 Å². The van der Waals surface area contributed by atoms with Crippen molar-refractivity contribution in [2.24, 2.45) is 5.92 Å². The van der Waals surface area contributed by atoms with Gasteiger partial charge in [-0.25, -0.2) is 4.79 Å². The number of carbonyl (C=O) groups excluding carboxylic acids is 1. The molecule has 0 radical (unpaired) electrons. The third-order valence-corrected chi connectivity index (χ3v) is 1.75. The van der Waals surface area contributed by atoms with Crippen molar-refractivity contribution in [3.05, 3.63) is 0 Å². The molecule has 0 saturated heterocycles. The maximum atomic E-state index is 10.8. The van der Waals surface area contributed by atoms with Gasteiger partial charge in [-0.05, 0) is 6.42 Å². The zero-order valence-electron chi connectivity index (χ0n) is 7.67. The molecule has 0 N–H and O–H groups in total. The third-order valence-electron chi connectivity index (χ3n) is 1.16. The highest BCUT2D eigenvalue weighted by molar-refractivity contribution is 6.20. The van der Waals surface area contributed by atoms with E-state index in [9.17, 15) is 4.79 Å². The quantitative estimate of drug-likeness (QED) is 0.510. The van der Waals surface area contributed by atoms with Crippen LogP contribution in [0.2, 0.25) is 0 Å². The molecular formula is C8H15ClO3. The van der Waals surface area contributed by atoms with Gasteiger partial charge in [0.2, 0.25) is 0 Å². The van der Waals surface area contributed by atoms with E-state index >= 15 is 0 Å². The van der Waals surface area contributed by atoms with Gasteiger partial charge in [-0.3, -0.25) is 0 Å². The van der Waals surface area contributed by atoms with Crippen LogP contribution in [-0.2, 0) is 9.47 Å². The summed E-state index contributed by atoms with van der Waals surface area (Å²) in [5.41, 5.74) is -0.602. The van der Waals surface area contributed by atoms with E-state index in [1.54, 1.807) is 0 Å². The van der Waals surface area contributed by atoms with Gasteiger partial charge in [-0.15, -0.1) is 0 Å². The highest BCUT2D eigenvalue weighted by Gasteiger charge is 2.15. The van der Waals surface area contributed by atoms with Crippen LogP contribution in [0.1, 0.15) is 27.2 Å². The molecule has 0 bridgehead atoms. The molecule has 0 rings (SSSR count). The lowest BCUT2D eigenvalue weighted by molar-refractivity contribution is 0.0351. The van der Waals surface area contributed by atoms with Gasteiger partial charge in [0, 0.05) is 5.92 Å². The van der Waals surface area contributed by atoms with E-state index in [1.165, 1.54) is 0 Å². The monoisotopic (exact) mass is 194 g/mol. The molecule has 4 heteroatoms. The van der Waals surface area contributed by atoms with Gasteiger partial charge < -0.3 is 9.47 Å². The first-order chi connectivity index (χ1) is 5.57. The molecule has 0 aliphatic rings. The Labute approximate surface area is 78.0 Å². The first kappa shape index (κ1) is 11.6. The van der Waals surface area contributed by atoms with E-state index in [-0.39, 0.29) is 5.92 Å². The molecule has 0 aromatic heterocycles. The minimum absolute atomic E-state index is 0.0980. The molecule has 0 amide bonds. The molecule has 0 aliphatic carbocycles. The summed E-state index contributed by atoms with van der Waals surface area (Å²) in [5.74, 6) is 0.0980. The molecule has 1 unspecified atom stereocenters. The van der Waals surface area contributed by atoms with Crippen LogP contribution in [0.15, 0.2) is 0 Å². The Hall–Kier alpha value is -0.440. The number of hydrogen-bond acceptors (Lipinski definition) is 3. The highest BCUT2D eigenvalue weighted by atomic mass is 35.5. The fourth-order valence-corrected chi connectivity index (χ4v) is 0.520. The van der Waals surface area contributed by atoms with Crippen molar-refractivity contribution in [1.29, 1.82) is 0 Å². The lowest BCUT2D eigenvalue weighted by atomic mass is 10.2. The molecule has 0 heterocycles. The predicted molar refractivity (Wildman–Crippen MR) is 47.2 cm³/mol. The maximum absolute atomic E-state index is 10.8. The average Bonchev–Trinajstić information content (AvgIpc) is 2.00. The molecule has 0 aromatic rings. The number of ether oxygens (including phenoxy) is 2. The smallest absolute Gasteiger partial charge is 0.434 e. The zero-order valence-corrected chi connectivity index (χ0v) is 8.43. The lowest BCUT2D eigenvalue weighted by Gasteiger charge is -2.13. The van der Waals surface area contributed by atoms with Crippen molar-refractivity contribution >= 4 is 17.8 Å². The van der Waals surface area contributed by atoms with Gasteiger partial charge in [0.1, 0.15) is 0 Å². The summed E-state index contributed by atoms with van der Waals surface area (Å²) in [7, 11) is 0. The second kappa shape index (κ2) is 6.12. The Bertz CT molecular complexity index is 136. The third kappa shape index (κ3) is 5.24. The molecule has 72 valence electrons. The minimum atomic E-state index is -0.689. The van der Waals surface area contributed by atoms with Gasteiger partial charge in [-0.1, -0.05) is 32.4 Å². The number of hydrogen-bond donors (Lipinski definition) is 0. The first-order valence-corrected chi connectivity index (χ1v) is 4.49. The van der Waals surface area contributed by atoms with Crippen LogP contribution in [0.25, 0.3) is 0 Å². The van der Waals surface area contributed by atoms with E-state index in [0.717, 1.165) is 6.42 Å². The van der Waals surface area contributed by atoms with Crippen LogP contribution in [0.3, 0.4) is 0 Å². The number of rotatable bonds is 4. The number of halogens is 1. The summed E-state index contributed by atoms with van der Waals surface area (Å²) in [6, 6.07) is 0. The summed E-state index contributed by atoms with van der Waals surface area (Å²) in [6.07, 6.45) is 0.0922. The Morgan fingerprint density at radius 3 is 2.50 bits per heavy atom. The molecule has 12 heavy (non-hydrogen) atoms. The molecule has 0 saturated carbocycles. The fraction of sp³-hybridized carbons (Fsp3) is 0.875. The summed E-state index contributed by atoms with van der Waals surface area (Å²) in [5, 5.41) is 0. The Morgan fingerprint density at radius 2 is 2.08 bits per heavy atom. The van der Waals surface area contributed by atoms with Gasteiger partial charge in [-0.2, -0.15) is 0 Å². The van der Waals surface area contributed by atoms with Crippen molar-refractivity contribution in [3.8, 4) is 0 Å². The summed E-state index contributed by atoms with van der Waals surface area (Å²) >= 11 is 5.67. The van der Waals surface area contributed by atoms with E-state index in [1.807, 2.05) is 20.8 Å². The van der Waals surface area contributed by atoms with Gasteiger partial charge >= 0.3 is 6.16 Å². The molecule has 0 spiro atoms. The second-order valence-electron chi connectivity index (χ2n) is 2.81. The molecular weight excluding hydrogens is 180 g/mol. The lowest BCUT2D eigenvalue weighted by Crippen LogP contribution is -2.18. The van der Waals surface area contributed by atoms with E-state index in [4.69, 9.17) is 16.3 Å². The topological polar surface area (TPSA) is 35.5 Å². The fourth-order valence-electron chi connectivity index (χ4n) is 0.447. The van der Waals surface area contributed by atoms with E-state index < -0.39 is 11.7 Å². The molecule has 1 atom stereocenters. The van der Waals surface area contributed by atoms with Gasteiger partial charge in [0.25, 0.3) is 0 Å². The van der Waals surface area contributed by atoms with Crippen molar-refractivity contribution in [1.82, 2.24) is 0 Å². The van der Waals surface area contributed by atoms with Gasteiger partial charge in [0.05, 0.1) is 6.61 Å². The average molecular weight is 195 g/mol. The Balaban J connectivity index is 3.54. The zero-order chi connectivity index (χ0) is 9.56. The second-order valence-corrected chi connectivity index (χ2v) is 3.24. The summed E-state index contributed by atoms with van der Waals surface area (Å²) in [6.45, 7) is 6.02. The van der Waals surface area contributed by atoms with Crippen molar-refractivity contribution in [3.63, 3.8) is 0 Å². The van der Waals surface area contributed by atoms with Crippen molar-refractivity contribution < 1.29 is 14.3 Å². The van der Waals surface area contributed by atoms with Crippen LogP contribution in [0.5, 0.6) is 0 Å². The largest absolute Gasteiger partial charge is 0.509 e. The summed E-state index contributed by atoms with van der Waals surface area (Å²) in [4.78, 5) is 10.8. The van der Waals surface area contributed by atoms with Crippen LogP contribution in [-0.4, -0.2) is 18.3 Å². The molecule has 0 aromatic carbocycles. The summed E-state index contributed by atoms with van der Waals surface area (Å²) < 4.78 is 9.38. The number of alkyl halides is 1. The van der Waals surface area contributed by atoms with E-state index in [2.05, 4.69) is 4.74 Å². The normalized spacial score (nSPS) is 12.8. The maximum Gasteiger partial charge on any atom is 0.509 e. The Kier molecular flexibility index (Phi) is 5.89. The Morgan fingerprint density at radius 1 is 1.50 bits per heavy atom. The van der Waals surface area contributed by atoms with Crippen molar-refractivity contribution in [2.75, 3.05) is 6.61 Å². The van der Waals surface area contributed by atoms with Crippen LogP contribution in [0, 0.1) is 5.92 Å². The highest BCUT2D eigenvalue weighted by Crippen LogP contribution is 2.11. The van der Waals surface area contributed by atoms with Crippen LogP contribution in [0.4, 0.5) is 4.79 Å². The van der Waals surface area contributed by atoms with E-state index in [0.29, 0.717) is 6.61 Å². The first-order valence-electron chi connectivity index (χ1n) is 4.05. The molecule has 3 nitrogen and oxygen atoms in total. The molecule has 0 fully saturated rings. The number of carbonyl (C=O) groups is 1.